The lowest BCUT2D eigenvalue weighted by Gasteiger charge is -2.23. The normalized spacial score (nSPS) is 12.4. The van der Waals surface area contributed by atoms with Crippen molar-refractivity contribution in [2.45, 2.75) is 26.5 Å². The van der Waals surface area contributed by atoms with Gasteiger partial charge in [0.1, 0.15) is 0 Å². The predicted octanol–water partition coefficient (Wildman–Crippen LogP) is 4.48. The van der Waals surface area contributed by atoms with Gasteiger partial charge in [-0.1, -0.05) is 23.7 Å². The number of benzene rings is 1. The molecule has 1 atom stereocenters. The van der Waals surface area contributed by atoms with Gasteiger partial charge in [0.15, 0.2) is 0 Å². The summed E-state index contributed by atoms with van der Waals surface area (Å²) in [4.78, 5) is 3.60. The second-order valence-electron chi connectivity index (χ2n) is 4.48. The standard InChI is InChI=1S/C15H18ClNOS/c1-3-17(10-13-5-4-8-19-13)12-6-7-14(11(2)18)15(16)9-12/h4-9,11,18H,3,10H2,1-2H3. The predicted molar refractivity (Wildman–Crippen MR) is 83.1 cm³/mol. The van der Waals surface area contributed by atoms with Crippen LogP contribution in [0.2, 0.25) is 5.02 Å². The van der Waals surface area contributed by atoms with Gasteiger partial charge in [-0.05, 0) is 43.0 Å². The topological polar surface area (TPSA) is 23.5 Å². The van der Waals surface area contributed by atoms with Crippen LogP contribution in [-0.4, -0.2) is 11.7 Å². The molecule has 19 heavy (non-hydrogen) atoms. The summed E-state index contributed by atoms with van der Waals surface area (Å²) in [6.45, 7) is 5.66. The Morgan fingerprint density at radius 2 is 2.16 bits per heavy atom. The van der Waals surface area contributed by atoms with Crippen LogP contribution in [0.4, 0.5) is 5.69 Å². The highest BCUT2D eigenvalue weighted by atomic mass is 35.5. The molecule has 1 heterocycles. The Kier molecular flexibility index (Phi) is 4.86. The van der Waals surface area contributed by atoms with Gasteiger partial charge in [-0.2, -0.15) is 0 Å². The average Bonchev–Trinajstić information content (AvgIpc) is 2.88. The number of aliphatic hydroxyl groups is 1. The summed E-state index contributed by atoms with van der Waals surface area (Å²) in [5.74, 6) is 0. The number of anilines is 1. The molecule has 1 unspecified atom stereocenters. The Balaban J connectivity index is 2.21. The maximum absolute atomic E-state index is 9.60. The molecule has 1 aromatic heterocycles. The number of thiophene rings is 1. The Labute approximate surface area is 123 Å². The Hall–Kier alpha value is -1.03. The van der Waals surface area contributed by atoms with Crippen molar-refractivity contribution in [2.75, 3.05) is 11.4 Å². The molecule has 0 saturated heterocycles. The van der Waals surface area contributed by atoms with E-state index in [-0.39, 0.29) is 0 Å². The monoisotopic (exact) mass is 295 g/mol. The first-order valence-electron chi connectivity index (χ1n) is 6.36. The van der Waals surface area contributed by atoms with E-state index < -0.39 is 6.10 Å². The van der Waals surface area contributed by atoms with Crippen molar-refractivity contribution in [3.63, 3.8) is 0 Å². The molecule has 1 aromatic carbocycles. The summed E-state index contributed by atoms with van der Waals surface area (Å²) in [7, 11) is 0. The number of hydrogen-bond acceptors (Lipinski definition) is 3. The van der Waals surface area contributed by atoms with Crippen LogP contribution in [0.1, 0.15) is 30.4 Å². The summed E-state index contributed by atoms with van der Waals surface area (Å²) in [5, 5.41) is 12.3. The van der Waals surface area contributed by atoms with E-state index in [4.69, 9.17) is 11.6 Å². The molecular formula is C15H18ClNOS. The lowest BCUT2D eigenvalue weighted by atomic mass is 10.1. The largest absolute Gasteiger partial charge is 0.389 e. The number of nitrogens with zero attached hydrogens (tertiary/aromatic N) is 1. The van der Waals surface area contributed by atoms with Gasteiger partial charge >= 0.3 is 0 Å². The van der Waals surface area contributed by atoms with Gasteiger partial charge in [-0.25, -0.2) is 0 Å². The van der Waals surface area contributed by atoms with Gasteiger partial charge in [-0.15, -0.1) is 11.3 Å². The van der Waals surface area contributed by atoms with Crippen molar-refractivity contribution < 1.29 is 5.11 Å². The molecule has 102 valence electrons. The van der Waals surface area contributed by atoms with Crippen molar-refractivity contribution in [1.82, 2.24) is 0 Å². The van der Waals surface area contributed by atoms with Crippen molar-refractivity contribution in [2.24, 2.45) is 0 Å². The molecule has 2 rings (SSSR count). The lowest BCUT2D eigenvalue weighted by molar-refractivity contribution is 0.199. The molecule has 0 amide bonds. The lowest BCUT2D eigenvalue weighted by Crippen LogP contribution is -2.21. The quantitative estimate of drug-likeness (QED) is 0.879. The zero-order valence-electron chi connectivity index (χ0n) is 11.1. The smallest absolute Gasteiger partial charge is 0.0776 e. The molecule has 0 aliphatic rings. The number of rotatable bonds is 5. The summed E-state index contributed by atoms with van der Waals surface area (Å²) in [5.41, 5.74) is 1.86. The molecule has 1 N–H and O–H groups in total. The summed E-state index contributed by atoms with van der Waals surface area (Å²) < 4.78 is 0. The fraction of sp³-hybridized carbons (Fsp3) is 0.333. The van der Waals surface area contributed by atoms with Gasteiger partial charge in [0.25, 0.3) is 0 Å². The molecule has 0 aliphatic heterocycles. The van der Waals surface area contributed by atoms with Gasteiger partial charge in [0.2, 0.25) is 0 Å². The third kappa shape index (κ3) is 3.50. The minimum Gasteiger partial charge on any atom is -0.389 e. The van der Waals surface area contributed by atoms with Crippen molar-refractivity contribution in [3.8, 4) is 0 Å². The van der Waals surface area contributed by atoms with Gasteiger partial charge in [0, 0.05) is 22.1 Å². The number of aliphatic hydroxyl groups excluding tert-OH is 1. The second-order valence-corrected chi connectivity index (χ2v) is 5.91. The van der Waals surface area contributed by atoms with Gasteiger partial charge in [0.05, 0.1) is 12.6 Å². The summed E-state index contributed by atoms with van der Waals surface area (Å²) >= 11 is 7.98. The van der Waals surface area contributed by atoms with Crippen molar-refractivity contribution in [1.29, 1.82) is 0 Å². The molecule has 0 bridgehead atoms. The Morgan fingerprint density at radius 1 is 1.37 bits per heavy atom. The summed E-state index contributed by atoms with van der Waals surface area (Å²) in [6.07, 6.45) is -0.533. The highest BCUT2D eigenvalue weighted by Crippen LogP contribution is 2.29. The van der Waals surface area contributed by atoms with E-state index in [9.17, 15) is 5.11 Å². The minimum atomic E-state index is -0.533. The van der Waals surface area contributed by atoms with Crippen LogP contribution >= 0.6 is 22.9 Å². The molecule has 0 radical (unpaired) electrons. The van der Waals surface area contributed by atoms with Crippen LogP contribution in [0.25, 0.3) is 0 Å². The first kappa shape index (κ1) is 14.4. The molecule has 0 aliphatic carbocycles. The van der Waals surface area contributed by atoms with E-state index in [1.807, 2.05) is 18.2 Å². The number of hydrogen-bond donors (Lipinski definition) is 1. The van der Waals surface area contributed by atoms with Crippen LogP contribution in [0.5, 0.6) is 0 Å². The number of halogens is 1. The van der Waals surface area contributed by atoms with E-state index in [2.05, 4.69) is 29.3 Å². The van der Waals surface area contributed by atoms with Crippen LogP contribution in [0.15, 0.2) is 35.7 Å². The van der Waals surface area contributed by atoms with Crippen molar-refractivity contribution >= 4 is 28.6 Å². The van der Waals surface area contributed by atoms with Crippen LogP contribution in [0.3, 0.4) is 0 Å². The van der Waals surface area contributed by atoms with E-state index >= 15 is 0 Å². The third-order valence-electron chi connectivity index (χ3n) is 3.11. The molecule has 0 saturated carbocycles. The van der Waals surface area contributed by atoms with Crippen LogP contribution in [0, 0.1) is 0 Å². The van der Waals surface area contributed by atoms with E-state index in [1.54, 1.807) is 18.3 Å². The molecule has 2 aromatic rings. The fourth-order valence-electron chi connectivity index (χ4n) is 2.03. The maximum Gasteiger partial charge on any atom is 0.0776 e. The average molecular weight is 296 g/mol. The summed E-state index contributed by atoms with van der Waals surface area (Å²) in [6, 6.07) is 10.1. The molecule has 2 nitrogen and oxygen atoms in total. The Bertz CT molecular complexity index is 525. The second kappa shape index (κ2) is 6.42. The fourth-order valence-corrected chi connectivity index (χ4v) is 3.08. The highest BCUT2D eigenvalue weighted by molar-refractivity contribution is 7.09. The van der Waals surface area contributed by atoms with Gasteiger partial charge in [-0.3, -0.25) is 0 Å². The van der Waals surface area contributed by atoms with Gasteiger partial charge < -0.3 is 10.0 Å². The zero-order chi connectivity index (χ0) is 13.8. The zero-order valence-corrected chi connectivity index (χ0v) is 12.7. The van der Waals surface area contributed by atoms with Crippen LogP contribution < -0.4 is 4.90 Å². The third-order valence-corrected chi connectivity index (χ3v) is 4.30. The first-order valence-corrected chi connectivity index (χ1v) is 7.62. The molecule has 0 fully saturated rings. The molecular weight excluding hydrogens is 278 g/mol. The van der Waals surface area contributed by atoms with Crippen LogP contribution in [-0.2, 0) is 6.54 Å². The highest BCUT2D eigenvalue weighted by Gasteiger charge is 2.11. The van der Waals surface area contributed by atoms with Crippen molar-refractivity contribution in [3.05, 3.63) is 51.2 Å². The van der Waals surface area contributed by atoms with E-state index in [1.165, 1.54) is 4.88 Å². The first-order chi connectivity index (χ1) is 9.11. The minimum absolute atomic E-state index is 0.533. The molecule has 4 heteroatoms. The Morgan fingerprint density at radius 3 is 2.68 bits per heavy atom. The SMILES string of the molecule is CCN(Cc1cccs1)c1ccc(C(C)O)c(Cl)c1. The van der Waals surface area contributed by atoms with E-state index in [0.717, 1.165) is 24.3 Å². The molecule has 0 spiro atoms. The van der Waals surface area contributed by atoms with E-state index in [0.29, 0.717) is 5.02 Å². The maximum atomic E-state index is 9.60.